The van der Waals surface area contributed by atoms with E-state index < -0.39 is 0 Å². The van der Waals surface area contributed by atoms with Crippen molar-refractivity contribution in [2.75, 3.05) is 13.1 Å². The maximum atomic E-state index is 10.0. The van der Waals surface area contributed by atoms with Crippen LogP contribution in [0.25, 0.3) is 0 Å². The second-order valence-corrected chi connectivity index (χ2v) is 4.39. The van der Waals surface area contributed by atoms with E-state index >= 15 is 0 Å². The van der Waals surface area contributed by atoms with Gasteiger partial charge in [-0.2, -0.15) is 11.3 Å². The molecular formula is C10H15NOS. The van der Waals surface area contributed by atoms with Crippen LogP contribution >= 0.6 is 11.3 Å². The second kappa shape index (κ2) is 4.22. The van der Waals surface area contributed by atoms with Crippen molar-refractivity contribution in [1.29, 1.82) is 0 Å². The van der Waals surface area contributed by atoms with Crippen LogP contribution in [-0.4, -0.2) is 18.2 Å². The normalized spacial score (nSPS) is 25.8. The summed E-state index contributed by atoms with van der Waals surface area (Å²) in [7, 11) is 0. The third-order valence-corrected chi connectivity index (χ3v) is 3.37. The number of aliphatic hydroxyl groups is 1. The van der Waals surface area contributed by atoms with E-state index in [1.165, 1.54) is 6.42 Å². The molecule has 72 valence electrons. The Kier molecular flexibility index (Phi) is 2.98. The zero-order chi connectivity index (χ0) is 9.10. The Morgan fingerprint density at radius 2 is 2.54 bits per heavy atom. The summed E-state index contributed by atoms with van der Waals surface area (Å²) in [4.78, 5) is 0. The van der Waals surface area contributed by atoms with Gasteiger partial charge in [0.2, 0.25) is 0 Å². The lowest BCUT2D eigenvalue weighted by atomic mass is 9.91. The van der Waals surface area contributed by atoms with Crippen LogP contribution in [-0.2, 0) is 0 Å². The van der Waals surface area contributed by atoms with Gasteiger partial charge >= 0.3 is 0 Å². The molecule has 0 saturated carbocycles. The van der Waals surface area contributed by atoms with Crippen LogP contribution in [0, 0.1) is 5.92 Å². The molecule has 0 aromatic carbocycles. The maximum Gasteiger partial charge on any atom is 0.0838 e. The number of aliphatic hydroxyl groups excluding tert-OH is 1. The van der Waals surface area contributed by atoms with Crippen LogP contribution in [0.1, 0.15) is 24.5 Å². The minimum Gasteiger partial charge on any atom is -0.388 e. The van der Waals surface area contributed by atoms with Gasteiger partial charge in [0.15, 0.2) is 0 Å². The minimum absolute atomic E-state index is 0.265. The van der Waals surface area contributed by atoms with Crippen molar-refractivity contribution >= 4 is 11.3 Å². The number of hydrogen-bond acceptors (Lipinski definition) is 3. The molecule has 1 aliphatic heterocycles. The number of nitrogens with one attached hydrogen (secondary N) is 1. The van der Waals surface area contributed by atoms with Crippen molar-refractivity contribution in [3.63, 3.8) is 0 Å². The highest BCUT2D eigenvalue weighted by atomic mass is 32.1. The minimum atomic E-state index is -0.265. The van der Waals surface area contributed by atoms with Gasteiger partial charge in [0, 0.05) is 12.5 Å². The molecule has 0 aliphatic carbocycles. The monoisotopic (exact) mass is 197 g/mol. The zero-order valence-electron chi connectivity index (χ0n) is 7.57. The van der Waals surface area contributed by atoms with E-state index in [9.17, 15) is 5.11 Å². The first-order valence-corrected chi connectivity index (χ1v) is 5.73. The Labute approximate surface area is 82.6 Å². The van der Waals surface area contributed by atoms with Gasteiger partial charge in [-0.15, -0.1) is 0 Å². The molecule has 0 bridgehead atoms. The predicted octanol–water partition coefficient (Wildman–Crippen LogP) is 1.78. The standard InChI is InChI=1S/C10H15NOS/c12-10(9-3-5-13-7-9)8-2-1-4-11-6-8/h3,5,7-8,10-12H,1-2,4,6H2. The number of hydrogen-bond donors (Lipinski definition) is 2. The SMILES string of the molecule is OC(c1ccsc1)C1CCCNC1. The van der Waals surface area contributed by atoms with Crippen molar-refractivity contribution in [3.05, 3.63) is 22.4 Å². The van der Waals surface area contributed by atoms with Gasteiger partial charge in [0.1, 0.15) is 0 Å². The summed E-state index contributed by atoms with van der Waals surface area (Å²) in [5.41, 5.74) is 1.08. The number of rotatable bonds is 2. The molecule has 13 heavy (non-hydrogen) atoms. The lowest BCUT2D eigenvalue weighted by molar-refractivity contribution is 0.0925. The number of piperidine rings is 1. The second-order valence-electron chi connectivity index (χ2n) is 3.61. The zero-order valence-corrected chi connectivity index (χ0v) is 8.39. The molecule has 1 aliphatic rings. The quantitative estimate of drug-likeness (QED) is 0.757. The van der Waals surface area contributed by atoms with Crippen molar-refractivity contribution in [1.82, 2.24) is 5.32 Å². The molecule has 2 N–H and O–H groups in total. The Hall–Kier alpha value is -0.380. The molecular weight excluding hydrogens is 182 g/mol. The van der Waals surface area contributed by atoms with E-state index in [1.807, 2.05) is 16.8 Å². The van der Waals surface area contributed by atoms with E-state index in [2.05, 4.69) is 5.32 Å². The fourth-order valence-electron chi connectivity index (χ4n) is 1.86. The molecule has 1 aromatic rings. The van der Waals surface area contributed by atoms with Crippen LogP contribution in [0.2, 0.25) is 0 Å². The van der Waals surface area contributed by atoms with Gasteiger partial charge in [-0.05, 0) is 41.8 Å². The Morgan fingerprint density at radius 1 is 1.62 bits per heavy atom. The molecule has 2 nitrogen and oxygen atoms in total. The molecule has 0 radical (unpaired) electrons. The summed E-state index contributed by atoms with van der Waals surface area (Å²) in [6, 6.07) is 2.02. The van der Waals surface area contributed by atoms with E-state index in [4.69, 9.17) is 0 Å². The van der Waals surface area contributed by atoms with Crippen LogP contribution in [0.15, 0.2) is 16.8 Å². The van der Waals surface area contributed by atoms with Crippen molar-refractivity contribution in [2.45, 2.75) is 18.9 Å². The van der Waals surface area contributed by atoms with Gasteiger partial charge in [0.25, 0.3) is 0 Å². The topological polar surface area (TPSA) is 32.3 Å². The summed E-state index contributed by atoms with van der Waals surface area (Å²) < 4.78 is 0. The molecule has 1 fully saturated rings. The highest BCUT2D eigenvalue weighted by molar-refractivity contribution is 7.07. The smallest absolute Gasteiger partial charge is 0.0838 e. The Bertz CT molecular complexity index is 241. The van der Waals surface area contributed by atoms with E-state index in [0.29, 0.717) is 5.92 Å². The fourth-order valence-corrected chi connectivity index (χ4v) is 2.55. The summed E-state index contributed by atoms with van der Waals surface area (Å²) >= 11 is 1.65. The first kappa shape index (κ1) is 9.19. The van der Waals surface area contributed by atoms with Crippen molar-refractivity contribution < 1.29 is 5.11 Å². The first-order valence-electron chi connectivity index (χ1n) is 4.79. The largest absolute Gasteiger partial charge is 0.388 e. The highest BCUT2D eigenvalue weighted by Gasteiger charge is 2.22. The van der Waals surface area contributed by atoms with Gasteiger partial charge in [-0.3, -0.25) is 0 Å². The lowest BCUT2D eigenvalue weighted by Gasteiger charge is -2.26. The van der Waals surface area contributed by atoms with E-state index in [0.717, 1.165) is 25.1 Å². The molecule has 0 spiro atoms. The summed E-state index contributed by atoms with van der Waals surface area (Å²) in [5, 5.41) is 17.4. The molecule has 2 heterocycles. The third kappa shape index (κ3) is 2.10. The van der Waals surface area contributed by atoms with Crippen LogP contribution in [0.4, 0.5) is 0 Å². The Morgan fingerprint density at radius 3 is 3.15 bits per heavy atom. The average Bonchev–Trinajstić information content (AvgIpc) is 2.71. The van der Waals surface area contributed by atoms with Crippen LogP contribution in [0.5, 0.6) is 0 Å². The van der Waals surface area contributed by atoms with Crippen LogP contribution < -0.4 is 5.32 Å². The molecule has 3 heteroatoms. The summed E-state index contributed by atoms with van der Waals surface area (Å²) in [6.07, 6.45) is 2.06. The van der Waals surface area contributed by atoms with Crippen molar-refractivity contribution in [3.8, 4) is 0 Å². The maximum absolute atomic E-state index is 10.0. The molecule has 0 amide bonds. The number of thiophene rings is 1. The van der Waals surface area contributed by atoms with E-state index in [1.54, 1.807) is 11.3 Å². The Balaban J connectivity index is 1.99. The highest BCUT2D eigenvalue weighted by Crippen LogP contribution is 2.28. The third-order valence-electron chi connectivity index (χ3n) is 2.67. The summed E-state index contributed by atoms with van der Waals surface area (Å²) in [5.74, 6) is 0.406. The fraction of sp³-hybridized carbons (Fsp3) is 0.600. The molecule has 2 atom stereocenters. The molecule has 2 rings (SSSR count). The van der Waals surface area contributed by atoms with Gasteiger partial charge in [-0.1, -0.05) is 0 Å². The average molecular weight is 197 g/mol. The van der Waals surface area contributed by atoms with E-state index in [-0.39, 0.29) is 6.10 Å². The predicted molar refractivity (Wildman–Crippen MR) is 54.9 cm³/mol. The van der Waals surface area contributed by atoms with Gasteiger partial charge < -0.3 is 10.4 Å². The molecule has 1 aromatic heterocycles. The van der Waals surface area contributed by atoms with Crippen molar-refractivity contribution in [2.24, 2.45) is 5.92 Å². The summed E-state index contributed by atoms with van der Waals surface area (Å²) in [6.45, 7) is 2.06. The van der Waals surface area contributed by atoms with Gasteiger partial charge in [0.05, 0.1) is 6.10 Å². The molecule has 2 unspecified atom stereocenters. The van der Waals surface area contributed by atoms with Gasteiger partial charge in [-0.25, -0.2) is 0 Å². The lowest BCUT2D eigenvalue weighted by Crippen LogP contribution is -2.33. The molecule has 1 saturated heterocycles. The first-order chi connectivity index (χ1) is 6.38. The van der Waals surface area contributed by atoms with Crippen LogP contribution in [0.3, 0.4) is 0 Å².